The number of rotatable bonds is 5. The van der Waals surface area contributed by atoms with Gasteiger partial charge in [0.05, 0.1) is 0 Å². The van der Waals surface area contributed by atoms with Crippen LogP contribution in [-0.2, 0) is 21.6 Å². The molecule has 0 unspecified atom stereocenters. The fourth-order valence-corrected chi connectivity index (χ4v) is 7.66. The Morgan fingerprint density at radius 3 is 2.21 bits per heavy atom. The highest BCUT2D eigenvalue weighted by Gasteiger charge is 2.51. The number of anilines is 1. The van der Waals surface area contributed by atoms with Crippen LogP contribution in [0.3, 0.4) is 0 Å². The Balaban J connectivity index is 1.08. The molecular weight excluding hydrogens is 424 g/mol. The van der Waals surface area contributed by atoms with Gasteiger partial charge in [-0.1, -0.05) is 42.5 Å². The van der Waals surface area contributed by atoms with Gasteiger partial charge in [-0.3, -0.25) is 9.69 Å². The Morgan fingerprint density at radius 1 is 0.912 bits per heavy atom. The molecule has 2 aromatic carbocycles. The monoisotopic (exact) mass is 458 g/mol. The number of nitrogens with one attached hydrogen (secondary N) is 1. The Hall–Kier alpha value is -2.82. The quantitative estimate of drug-likeness (QED) is 0.607. The van der Waals surface area contributed by atoms with Gasteiger partial charge in [-0.15, -0.1) is 0 Å². The second-order valence-corrected chi connectivity index (χ2v) is 11.2. The van der Waals surface area contributed by atoms with E-state index in [1.54, 1.807) is 4.90 Å². The molecule has 5 aliphatic rings. The Morgan fingerprint density at radius 2 is 1.56 bits per heavy atom. The average molecular weight is 459 g/mol. The summed E-state index contributed by atoms with van der Waals surface area (Å²) in [4.78, 5) is 27.3. The first-order valence-corrected chi connectivity index (χ1v) is 13.0. The minimum Gasteiger partial charge on any atom is -0.445 e. The van der Waals surface area contributed by atoms with Gasteiger partial charge in [-0.2, -0.15) is 0 Å². The van der Waals surface area contributed by atoms with E-state index in [0.717, 1.165) is 35.4 Å². The topological polar surface area (TPSA) is 58.6 Å². The second-order valence-electron chi connectivity index (χ2n) is 11.2. The molecule has 34 heavy (non-hydrogen) atoms. The van der Waals surface area contributed by atoms with Crippen molar-refractivity contribution in [2.45, 2.75) is 69.4 Å². The van der Waals surface area contributed by atoms with E-state index in [9.17, 15) is 9.59 Å². The normalized spacial score (nSPS) is 31.5. The van der Waals surface area contributed by atoms with Crippen LogP contribution in [0.4, 0.5) is 10.5 Å². The Bertz CT molecular complexity index is 1010. The molecule has 0 radical (unpaired) electrons. The summed E-state index contributed by atoms with van der Waals surface area (Å²) in [5.74, 6) is 2.62. The predicted molar refractivity (Wildman–Crippen MR) is 131 cm³/mol. The van der Waals surface area contributed by atoms with Crippen LogP contribution < -0.4 is 5.32 Å². The van der Waals surface area contributed by atoms with Crippen molar-refractivity contribution in [3.8, 4) is 0 Å². The number of hydrogen-bond donors (Lipinski definition) is 1. The number of carbonyl (C=O) groups excluding carboxylic acids is 2. The minimum atomic E-state index is -0.480. The number of hydrogen-bond acceptors (Lipinski definition) is 3. The molecule has 4 bridgehead atoms. The van der Waals surface area contributed by atoms with Gasteiger partial charge < -0.3 is 10.1 Å². The molecular formula is C29H34N2O3. The molecule has 5 heteroatoms. The molecule has 0 aromatic heterocycles. The molecule has 1 saturated heterocycles. The van der Waals surface area contributed by atoms with Crippen LogP contribution >= 0.6 is 0 Å². The predicted octanol–water partition coefficient (Wildman–Crippen LogP) is 5.89. The molecule has 5 fully saturated rings. The standard InChI is InChI=1S/C29H34N2O3/c32-27(26-7-4-12-31(26)28(33)34-19-20-5-2-1-3-6-20)30-25-10-8-24(9-11-25)29-16-21-13-22(17-29)15-23(14-21)18-29/h1-3,5-6,8-11,21-23,26H,4,7,12-19H2,(H,30,32)/t21?,22?,23?,26-,29?/m0/s1. The zero-order chi connectivity index (χ0) is 23.1. The lowest BCUT2D eigenvalue weighted by atomic mass is 9.48. The summed E-state index contributed by atoms with van der Waals surface area (Å²) in [5.41, 5.74) is 3.57. The van der Waals surface area contributed by atoms with Crippen molar-refractivity contribution in [2.75, 3.05) is 11.9 Å². The molecule has 2 amide bonds. The van der Waals surface area contributed by atoms with Crippen LogP contribution in [-0.4, -0.2) is 29.5 Å². The van der Waals surface area contributed by atoms with E-state index in [1.165, 1.54) is 44.1 Å². The van der Waals surface area contributed by atoms with Crippen molar-refractivity contribution in [1.29, 1.82) is 0 Å². The molecule has 178 valence electrons. The van der Waals surface area contributed by atoms with Crippen LogP contribution in [0.15, 0.2) is 54.6 Å². The molecule has 4 aliphatic carbocycles. The number of nitrogens with zero attached hydrogens (tertiary/aromatic N) is 1. The van der Waals surface area contributed by atoms with Crippen LogP contribution in [0, 0.1) is 17.8 Å². The summed E-state index contributed by atoms with van der Waals surface area (Å²) in [5, 5.41) is 3.06. The van der Waals surface area contributed by atoms with Crippen molar-refractivity contribution in [1.82, 2.24) is 4.90 Å². The van der Waals surface area contributed by atoms with Gasteiger partial charge in [0, 0.05) is 12.2 Å². The molecule has 7 rings (SSSR count). The van der Waals surface area contributed by atoms with Crippen LogP contribution in [0.1, 0.15) is 62.5 Å². The molecule has 1 atom stereocenters. The van der Waals surface area contributed by atoms with Gasteiger partial charge in [-0.05, 0) is 97.8 Å². The van der Waals surface area contributed by atoms with E-state index < -0.39 is 12.1 Å². The first kappa shape index (κ1) is 21.7. The van der Waals surface area contributed by atoms with Gasteiger partial charge in [0.25, 0.3) is 0 Å². The minimum absolute atomic E-state index is 0.128. The fraction of sp³-hybridized carbons (Fsp3) is 0.517. The first-order chi connectivity index (χ1) is 16.6. The maximum atomic E-state index is 13.0. The van der Waals surface area contributed by atoms with E-state index >= 15 is 0 Å². The Labute approximate surface area is 201 Å². The van der Waals surface area contributed by atoms with Crippen molar-refractivity contribution in [3.05, 3.63) is 65.7 Å². The molecule has 0 spiro atoms. The lowest BCUT2D eigenvalue weighted by molar-refractivity contribution is -0.120. The van der Waals surface area contributed by atoms with Gasteiger partial charge in [-0.25, -0.2) is 4.79 Å². The number of carbonyl (C=O) groups is 2. The second kappa shape index (κ2) is 8.75. The van der Waals surface area contributed by atoms with Crippen LogP contribution in [0.25, 0.3) is 0 Å². The molecule has 2 aromatic rings. The van der Waals surface area contributed by atoms with Crippen molar-refractivity contribution in [3.63, 3.8) is 0 Å². The summed E-state index contributed by atoms with van der Waals surface area (Å²) in [6.45, 7) is 0.771. The lowest BCUT2D eigenvalue weighted by Gasteiger charge is -2.57. The SMILES string of the molecule is O=C(Nc1ccc(C23CC4CC(CC(C4)C2)C3)cc1)[C@@H]1CCCN1C(=O)OCc1ccccc1. The summed E-state index contributed by atoms with van der Waals surface area (Å²) in [6.07, 6.45) is 9.41. The molecule has 4 saturated carbocycles. The van der Waals surface area contributed by atoms with E-state index in [-0.39, 0.29) is 12.5 Å². The molecule has 1 heterocycles. The summed E-state index contributed by atoms with van der Waals surface area (Å²) >= 11 is 0. The van der Waals surface area contributed by atoms with Crippen LogP contribution in [0.2, 0.25) is 0 Å². The summed E-state index contributed by atoms with van der Waals surface area (Å²) < 4.78 is 5.48. The van der Waals surface area contributed by atoms with Crippen molar-refractivity contribution in [2.24, 2.45) is 17.8 Å². The van der Waals surface area contributed by atoms with Gasteiger partial charge in [0.2, 0.25) is 5.91 Å². The van der Waals surface area contributed by atoms with E-state index in [4.69, 9.17) is 4.74 Å². The summed E-state index contributed by atoms with van der Waals surface area (Å²) in [7, 11) is 0. The molecule has 5 nitrogen and oxygen atoms in total. The fourth-order valence-electron chi connectivity index (χ4n) is 7.66. The highest BCUT2D eigenvalue weighted by Crippen LogP contribution is 2.60. The lowest BCUT2D eigenvalue weighted by Crippen LogP contribution is -2.48. The maximum absolute atomic E-state index is 13.0. The van der Waals surface area contributed by atoms with Gasteiger partial charge in [0.15, 0.2) is 0 Å². The van der Waals surface area contributed by atoms with Crippen molar-refractivity contribution >= 4 is 17.7 Å². The number of ether oxygens (including phenoxy) is 1. The van der Waals surface area contributed by atoms with E-state index in [2.05, 4.69) is 29.6 Å². The number of likely N-dealkylation sites (tertiary alicyclic amines) is 1. The van der Waals surface area contributed by atoms with E-state index in [0.29, 0.717) is 18.4 Å². The number of amides is 2. The zero-order valence-electron chi connectivity index (χ0n) is 19.7. The zero-order valence-corrected chi connectivity index (χ0v) is 19.7. The molecule has 1 N–H and O–H groups in total. The molecule has 1 aliphatic heterocycles. The van der Waals surface area contributed by atoms with Crippen LogP contribution in [0.5, 0.6) is 0 Å². The third kappa shape index (κ3) is 4.10. The average Bonchev–Trinajstić information content (AvgIpc) is 3.33. The van der Waals surface area contributed by atoms with Gasteiger partial charge >= 0.3 is 6.09 Å². The third-order valence-corrected chi connectivity index (χ3v) is 8.80. The smallest absolute Gasteiger partial charge is 0.410 e. The number of benzene rings is 2. The van der Waals surface area contributed by atoms with Crippen molar-refractivity contribution < 1.29 is 14.3 Å². The third-order valence-electron chi connectivity index (χ3n) is 8.80. The maximum Gasteiger partial charge on any atom is 0.410 e. The highest BCUT2D eigenvalue weighted by atomic mass is 16.6. The first-order valence-electron chi connectivity index (χ1n) is 13.0. The van der Waals surface area contributed by atoms with E-state index in [1.807, 2.05) is 30.3 Å². The summed E-state index contributed by atoms with van der Waals surface area (Å²) in [6, 6.07) is 17.7. The highest BCUT2D eigenvalue weighted by molar-refractivity contribution is 5.96. The largest absolute Gasteiger partial charge is 0.445 e. The Kier molecular flexibility index (Phi) is 5.59. The van der Waals surface area contributed by atoms with Gasteiger partial charge in [0.1, 0.15) is 12.6 Å².